The normalized spacial score (nSPS) is 23.7. The second-order valence-electron chi connectivity index (χ2n) is 2.93. The fourth-order valence-electron chi connectivity index (χ4n) is 1.32. The van der Waals surface area contributed by atoms with Crippen LogP contribution < -0.4 is 0 Å². The SMILES string of the molecule is CSCCCN1CCC(Br)C1=O. The molecule has 4 heteroatoms. The van der Waals surface area contributed by atoms with Crippen molar-refractivity contribution in [2.45, 2.75) is 17.7 Å². The van der Waals surface area contributed by atoms with E-state index in [1.165, 1.54) is 0 Å². The van der Waals surface area contributed by atoms with E-state index in [0.717, 1.165) is 31.7 Å². The third-order valence-corrected chi connectivity index (χ3v) is 3.56. The average molecular weight is 252 g/mol. The number of carbonyl (C=O) groups excluding carboxylic acids is 1. The van der Waals surface area contributed by atoms with Crippen molar-refractivity contribution >= 4 is 33.6 Å². The van der Waals surface area contributed by atoms with Crippen molar-refractivity contribution in [3.8, 4) is 0 Å². The maximum Gasteiger partial charge on any atom is 0.236 e. The summed E-state index contributed by atoms with van der Waals surface area (Å²) in [4.78, 5) is 13.4. The molecule has 0 radical (unpaired) electrons. The van der Waals surface area contributed by atoms with Crippen LogP contribution in [0.25, 0.3) is 0 Å². The predicted octanol–water partition coefficient (Wildman–Crippen LogP) is 1.74. The van der Waals surface area contributed by atoms with Crippen LogP contribution in [0, 0.1) is 0 Å². The molecule has 12 heavy (non-hydrogen) atoms. The zero-order valence-corrected chi connectivity index (χ0v) is 9.66. The van der Waals surface area contributed by atoms with Crippen LogP contribution in [-0.2, 0) is 4.79 Å². The molecule has 1 rings (SSSR count). The maximum absolute atomic E-state index is 11.4. The molecule has 0 aromatic heterocycles. The van der Waals surface area contributed by atoms with Gasteiger partial charge in [-0.05, 0) is 24.9 Å². The maximum atomic E-state index is 11.4. The lowest BCUT2D eigenvalue weighted by atomic mass is 10.4. The number of likely N-dealkylation sites (tertiary alicyclic amines) is 1. The van der Waals surface area contributed by atoms with Crippen LogP contribution in [0.1, 0.15) is 12.8 Å². The fraction of sp³-hybridized carbons (Fsp3) is 0.875. The Bertz CT molecular complexity index is 165. The summed E-state index contributed by atoms with van der Waals surface area (Å²) in [5.74, 6) is 1.42. The Morgan fingerprint density at radius 3 is 3.00 bits per heavy atom. The first kappa shape index (κ1) is 10.4. The molecular formula is C8H14BrNOS. The molecule has 1 unspecified atom stereocenters. The van der Waals surface area contributed by atoms with Crippen LogP contribution in [0.15, 0.2) is 0 Å². The van der Waals surface area contributed by atoms with Gasteiger partial charge in [0, 0.05) is 13.1 Å². The van der Waals surface area contributed by atoms with Crippen LogP contribution in [0.5, 0.6) is 0 Å². The summed E-state index contributed by atoms with van der Waals surface area (Å²) in [6.07, 6.45) is 4.18. The van der Waals surface area contributed by atoms with Gasteiger partial charge in [-0.3, -0.25) is 4.79 Å². The molecule has 1 atom stereocenters. The van der Waals surface area contributed by atoms with Crippen LogP contribution in [0.2, 0.25) is 0 Å². The van der Waals surface area contributed by atoms with E-state index in [0.29, 0.717) is 0 Å². The van der Waals surface area contributed by atoms with Gasteiger partial charge in [-0.1, -0.05) is 15.9 Å². The summed E-state index contributed by atoms with van der Waals surface area (Å²) >= 11 is 5.19. The quantitative estimate of drug-likeness (QED) is 0.561. The van der Waals surface area contributed by atoms with Crippen LogP contribution in [0.4, 0.5) is 0 Å². The first-order valence-electron chi connectivity index (χ1n) is 4.17. The minimum Gasteiger partial charge on any atom is -0.342 e. The van der Waals surface area contributed by atoms with Crippen LogP contribution in [0.3, 0.4) is 0 Å². The fourth-order valence-corrected chi connectivity index (χ4v) is 2.23. The molecule has 1 aliphatic heterocycles. The number of rotatable bonds is 4. The van der Waals surface area contributed by atoms with E-state index in [9.17, 15) is 4.79 Å². The van der Waals surface area contributed by atoms with Gasteiger partial charge in [0.1, 0.15) is 0 Å². The summed E-state index contributed by atoms with van der Waals surface area (Å²) in [6, 6.07) is 0. The highest BCUT2D eigenvalue weighted by molar-refractivity contribution is 9.10. The highest BCUT2D eigenvalue weighted by atomic mass is 79.9. The second-order valence-corrected chi connectivity index (χ2v) is 5.02. The van der Waals surface area contributed by atoms with Crippen molar-refractivity contribution in [2.75, 3.05) is 25.1 Å². The van der Waals surface area contributed by atoms with E-state index in [1.807, 2.05) is 16.7 Å². The zero-order valence-electron chi connectivity index (χ0n) is 7.25. The lowest BCUT2D eigenvalue weighted by Crippen LogP contribution is -2.28. The molecule has 0 aromatic carbocycles. The van der Waals surface area contributed by atoms with Gasteiger partial charge in [-0.25, -0.2) is 0 Å². The van der Waals surface area contributed by atoms with E-state index in [1.54, 1.807) is 0 Å². The molecule has 1 saturated heterocycles. The molecule has 0 aliphatic carbocycles. The van der Waals surface area contributed by atoms with Gasteiger partial charge in [0.2, 0.25) is 5.91 Å². The third kappa shape index (κ3) is 2.66. The van der Waals surface area contributed by atoms with Crippen molar-refractivity contribution in [1.82, 2.24) is 4.90 Å². The Labute approximate surface area is 86.2 Å². The molecule has 2 nitrogen and oxygen atoms in total. The molecule has 0 bridgehead atoms. The molecule has 0 saturated carbocycles. The Morgan fingerprint density at radius 2 is 2.50 bits per heavy atom. The summed E-state index contributed by atoms with van der Waals surface area (Å²) in [5, 5.41) is 0. The average Bonchev–Trinajstić information content (AvgIpc) is 2.36. The predicted molar refractivity (Wildman–Crippen MR) is 56.9 cm³/mol. The van der Waals surface area contributed by atoms with Gasteiger partial charge >= 0.3 is 0 Å². The molecule has 1 aliphatic rings. The number of amides is 1. The number of hydrogen-bond acceptors (Lipinski definition) is 2. The van der Waals surface area contributed by atoms with Gasteiger partial charge in [0.15, 0.2) is 0 Å². The molecular weight excluding hydrogens is 238 g/mol. The van der Waals surface area contributed by atoms with Crippen LogP contribution in [-0.4, -0.2) is 40.7 Å². The summed E-state index contributed by atoms with van der Waals surface area (Å²) in [5.41, 5.74) is 0. The highest BCUT2D eigenvalue weighted by Crippen LogP contribution is 2.18. The molecule has 0 N–H and O–H groups in total. The summed E-state index contributed by atoms with van der Waals surface area (Å²) < 4.78 is 0. The third-order valence-electron chi connectivity index (χ3n) is 2.01. The Kier molecular flexibility index (Phi) is 4.43. The van der Waals surface area contributed by atoms with Crippen molar-refractivity contribution in [2.24, 2.45) is 0 Å². The number of carbonyl (C=O) groups is 1. The zero-order chi connectivity index (χ0) is 8.97. The molecule has 1 amide bonds. The Hall–Kier alpha value is 0.300. The molecule has 1 fully saturated rings. The van der Waals surface area contributed by atoms with Crippen molar-refractivity contribution < 1.29 is 4.79 Å². The van der Waals surface area contributed by atoms with E-state index >= 15 is 0 Å². The largest absolute Gasteiger partial charge is 0.342 e. The smallest absolute Gasteiger partial charge is 0.236 e. The van der Waals surface area contributed by atoms with E-state index in [-0.39, 0.29) is 10.7 Å². The van der Waals surface area contributed by atoms with Gasteiger partial charge < -0.3 is 4.90 Å². The van der Waals surface area contributed by atoms with Crippen molar-refractivity contribution in [3.05, 3.63) is 0 Å². The second kappa shape index (κ2) is 5.12. The topological polar surface area (TPSA) is 20.3 Å². The minimum absolute atomic E-state index is 0.0896. The Balaban J connectivity index is 2.20. The van der Waals surface area contributed by atoms with Gasteiger partial charge in [0.05, 0.1) is 4.83 Å². The Morgan fingerprint density at radius 1 is 1.75 bits per heavy atom. The van der Waals surface area contributed by atoms with Crippen molar-refractivity contribution in [1.29, 1.82) is 0 Å². The molecule has 1 heterocycles. The van der Waals surface area contributed by atoms with Gasteiger partial charge in [-0.2, -0.15) is 11.8 Å². The standard InChI is InChI=1S/C8H14BrNOS/c1-12-6-2-4-10-5-3-7(9)8(10)11/h7H,2-6H2,1H3. The first-order chi connectivity index (χ1) is 5.75. The lowest BCUT2D eigenvalue weighted by Gasteiger charge is -2.14. The number of halogens is 1. The van der Waals surface area contributed by atoms with Gasteiger partial charge in [-0.15, -0.1) is 0 Å². The number of alkyl halides is 1. The highest BCUT2D eigenvalue weighted by Gasteiger charge is 2.28. The monoisotopic (exact) mass is 251 g/mol. The lowest BCUT2D eigenvalue weighted by molar-refractivity contribution is -0.127. The number of nitrogens with zero attached hydrogens (tertiary/aromatic N) is 1. The molecule has 0 aromatic rings. The van der Waals surface area contributed by atoms with Gasteiger partial charge in [0.25, 0.3) is 0 Å². The number of hydrogen-bond donors (Lipinski definition) is 0. The molecule has 0 spiro atoms. The van der Waals surface area contributed by atoms with E-state index in [2.05, 4.69) is 22.2 Å². The molecule has 70 valence electrons. The van der Waals surface area contributed by atoms with E-state index < -0.39 is 0 Å². The van der Waals surface area contributed by atoms with Crippen LogP contribution >= 0.6 is 27.7 Å². The first-order valence-corrected chi connectivity index (χ1v) is 6.48. The summed E-state index contributed by atoms with van der Waals surface area (Å²) in [6.45, 7) is 1.87. The van der Waals surface area contributed by atoms with E-state index in [4.69, 9.17) is 0 Å². The summed E-state index contributed by atoms with van der Waals surface area (Å²) in [7, 11) is 0. The number of thioether (sulfide) groups is 1. The minimum atomic E-state index is 0.0896. The van der Waals surface area contributed by atoms with Crippen molar-refractivity contribution in [3.63, 3.8) is 0 Å².